The van der Waals surface area contributed by atoms with Gasteiger partial charge < -0.3 is 15.4 Å². The normalized spacial score (nSPS) is 12.0. The van der Waals surface area contributed by atoms with Crippen LogP contribution in [0.4, 0.5) is 0 Å². The fourth-order valence-electron chi connectivity index (χ4n) is 2.22. The van der Waals surface area contributed by atoms with Crippen molar-refractivity contribution in [1.29, 1.82) is 0 Å². The molecule has 1 amide bonds. The molecule has 0 radical (unpaired) electrons. The van der Waals surface area contributed by atoms with Gasteiger partial charge in [0.2, 0.25) is 5.91 Å². The first kappa shape index (κ1) is 17.2. The lowest BCUT2D eigenvalue weighted by molar-refractivity contribution is -0.120. The van der Waals surface area contributed by atoms with Crippen LogP contribution in [0.15, 0.2) is 29.1 Å². The molecule has 0 saturated carbocycles. The second-order valence-corrected chi connectivity index (χ2v) is 5.70. The summed E-state index contributed by atoms with van der Waals surface area (Å²) in [5.41, 5.74) is 1.14. The van der Waals surface area contributed by atoms with Gasteiger partial charge in [0, 0.05) is 22.8 Å². The maximum Gasteiger partial charge on any atom is 0.254 e. The summed E-state index contributed by atoms with van der Waals surface area (Å²) < 4.78 is 0. The van der Waals surface area contributed by atoms with E-state index in [0.29, 0.717) is 27.7 Å². The second-order valence-electron chi connectivity index (χ2n) is 5.27. The Morgan fingerprint density at radius 2 is 2.17 bits per heavy atom. The largest absolute Gasteiger partial charge is 0.387 e. The molecule has 0 aliphatic carbocycles. The molecule has 122 valence electrons. The van der Waals surface area contributed by atoms with E-state index in [1.54, 1.807) is 38.1 Å². The van der Waals surface area contributed by atoms with Crippen LogP contribution in [0.25, 0.3) is 0 Å². The number of aryl methyl sites for hydroxylation is 2. The molecule has 6 nitrogen and oxygen atoms in total. The molecule has 23 heavy (non-hydrogen) atoms. The number of halogens is 1. The number of H-pyrrole nitrogens is 1. The number of aromatic nitrogens is 2. The topological polar surface area (TPSA) is 95.1 Å². The summed E-state index contributed by atoms with van der Waals surface area (Å²) in [6.07, 6.45) is -0.954. The van der Waals surface area contributed by atoms with Gasteiger partial charge in [-0.05, 0) is 31.5 Å². The SMILES string of the molecule is Cc1nc(C)c(CC(=O)NCC(O)c2cccc(Cl)c2)c(=O)[nH]1. The number of aliphatic hydroxyl groups is 1. The van der Waals surface area contributed by atoms with Crippen LogP contribution in [0, 0.1) is 13.8 Å². The Bertz CT molecular complexity index is 773. The third kappa shape index (κ3) is 4.64. The molecule has 1 atom stereocenters. The van der Waals surface area contributed by atoms with Crippen LogP contribution in [-0.2, 0) is 11.2 Å². The number of benzene rings is 1. The molecule has 0 aliphatic heterocycles. The van der Waals surface area contributed by atoms with Gasteiger partial charge in [0.1, 0.15) is 5.82 Å². The number of nitrogens with zero attached hydrogens (tertiary/aromatic N) is 1. The first-order valence-electron chi connectivity index (χ1n) is 7.13. The zero-order chi connectivity index (χ0) is 17.0. The maximum absolute atomic E-state index is 12.0. The fourth-order valence-corrected chi connectivity index (χ4v) is 2.42. The zero-order valence-electron chi connectivity index (χ0n) is 12.9. The number of nitrogens with one attached hydrogen (secondary N) is 2. The van der Waals surface area contributed by atoms with Gasteiger partial charge in [0.05, 0.1) is 12.5 Å². The van der Waals surface area contributed by atoms with Crippen molar-refractivity contribution < 1.29 is 9.90 Å². The summed E-state index contributed by atoms with van der Waals surface area (Å²) in [5, 5.41) is 13.2. The predicted molar refractivity (Wildman–Crippen MR) is 87.5 cm³/mol. The van der Waals surface area contributed by atoms with Crippen molar-refractivity contribution in [2.24, 2.45) is 0 Å². The highest BCUT2D eigenvalue weighted by Gasteiger charge is 2.14. The Kier molecular flexibility index (Phi) is 5.52. The minimum absolute atomic E-state index is 0.0371. The zero-order valence-corrected chi connectivity index (χ0v) is 13.6. The summed E-state index contributed by atoms with van der Waals surface area (Å²) in [4.78, 5) is 30.5. The first-order chi connectivity index (χ1) is 10.9. The monoisotopic (exact) mass is 335 g/mol. The predicted octanol–water partition coefficient (Wildman–Crippen LogP) is 1.43. The molecule has 0 fully saturated rings. The number of rotatable bonds is 5. The van der Waals surface area contributed by atoms with Gasteiger partial charge in [-0.15, -0.1) is 0 Å². The summed E-state index contributed by atoms with van der Waals surface area (Å²) in [6, 6.07) is 6.79. The van der Waals surface area contributed by atoms with Gasteiger partial charge in [-0.1, -0.05) is 23.7 Å². The van der Waals surface area contributed by atoms with Gasteiger partial charge >= 0.3 is 0 Å². The van der Waals surface area contributed by atoms with E-state index in [1.807, 2.05) is 0 Å². The highest BCUT2D eigenvalue weighted by atomic mass is 35.5. The van der Waals surface area contributed by atoms with E-state index in [1.165, 1.54) is 0 Å². The van der Waals surface area contributed by atoms with Gasteiger partial charge in [0.15, 0.2) is 0 Å². The Balaban J connectivity index is 1.97. The van der Waals surface area contributed by atoms with Gasteiger partial charge in [0.25, 0.3) is 5.56 Å². The minimum atomic E-state index is -0.867. The molecule has 1 unspecified atom stereocenters. The molecule has 1 aromatic carbocycles. The van der Waals surface area contributed by atoms with Crippen LogP contribution in [0.5, 0.6) is 0 Å². The average molecular weight is 336 g/mol. The van der Waals surface area contributed by atoms with Crippen LogP contribution in [-0.4, -0.2) is 27.5 Å². The van der Waals surface area contributed by atoms with Crippen LogP contribution in [0.1, 0.15) is 28.7 Å². The second kappa shape index (κ2) is 7.39. The molecule has 0 bridgehead atoms. The van der Waals surface area contributed by atoms with E-state index in [-0.39, 0.29) is 24.4 Å². The van der Waals surface area contributed by atoms with Crippen molar-refractivity contribution in [3.05, 3.63) is 62.3 Å². The standard InChI is InChI=1S/C16H18ClN3O3/c1-9-13(16(23)20-10(2)19-9)7-15(22)18-8-14(21)11-4-3-5-12(17)6-11/h3-6,14,21H,7-8H2,1-2H3,(H,18,22)(H,19,20,23). The van der Waals surface area contributed by atoms with E-state index < -0.39 is 6.10 Å². The number of aromatic amines is 1. The number of carbonyl (C=O) groups excluding carboxylic acids is 1. The van der Waals surface area contributed by atoms with E-state index in [0.717, 1.165) is 0 Å². The summed E-state index contributed by atoms with van der Waals surface area (Å²) >= 11 is 5.86. The van der Waals surface area contributed by atoms with Crippen LogP contribution in [0.2, 0.25) is 5.02 Å². The van der Waals surface area contributed by atoms with Crippen LogP contribution >= 0.6 is 11.6 Å². The molecule has 1 heterocycles. The Morgan fingerprint density at radius 3 is 2.83 bits per heavy atom. The molecule has 0 aliphatic rings. The molecular formula is C16H18ClN3O3. The Labute approximate surface area is 138 Å². The molecular weight excluding hydrogens is 318 g/mol. The lowest BCUT2D eigenvalue weighted by atomic mass is 10.1. The molecule has 7 heteroatoms. The number of carbonyl (C=O) groups is 1. The molecule has 2 rings (SSSR count). The van der Waals surface area contributed by atoms with Crippen molar-refractivity contribution in [2.75, 3.05) is 6.54 Å². The highest BCUT2D eigenvalue weighted by molar-refractivity contribution is 6.30. The Morgan fingerprint density at radius 1 is 1.43 bits per heavy atom. The van der Waals surface area contributed by atoms with Gasteiger partial charge in [-0.3, -0.25) is 9.59 Å². The third-order valence-corrected chi connectivity index (χ3v) is 3.64. The lowest BCUT2D eigenvalue weighted by Crippen LogP contribution is -2.32. The summed E-state index contributed by atoms with van der Waals surface area (Å²) in [5.74, 6) is 0.151. The lowest BCUT2D eigenvalue weighted by Gasteiger charge is -2.13. The maximum atomic E-state index is 12.0. The van der Waals surface area contributed by atoms with E-state index in [4.69, 9.17) is 11.6 Å². The molecule has 1 aromatic heterocycles. The molecule has 0 spiro atoms. The minimum Gasteiger partial charge on any atom is -0.387 e. The van der Waals surface area contributed by atoms with E-state index in [9.17, 15) is 14.7 Å². The van der Waals surface area contributed by atoms with Crippen LogP contribution in [0.3, 0.4) is 0 Å². The molecule has 0 saturated heterocycles. The average Bonchev–Trinajstić information content (AvgIpc) is 2.48. The highest BCUT2D eigenvalue weighted by Crippen LogP contribution is 2.17. The first-order valence-corrected chi connectivity index (χ1v) is 7.51. The van der Waals surface area contributed by atoms with Crippen LogP contribution < -0.4 is 10.9 Å². The van der Waals surface area contributed by atoms with Crippen molar-refractivity contribution in [1.82, 2.24) is 15.3 Å². The fraction of sp³-hybridized carbons (Fsp3) is 0.312. The summed E-state index contributed by atoms with van der Waals surface area (Å²) in [7, 11) is 0. The van der Waals surface area contributed by atoms with E-state index in [2.05, 4.69) is 15.3 Å². The number of aliphatic hydroxyl groups excluding tert-OH is 1. The third-order valence-electron chi connectivity index (χ3n) is 3.40. The number of hydrogen-bond donors (Lipinski definition) is 3. The number of amides is 1. The summed E-state index contributed by atoms with van der Waals surface area (Å²) in [6.45, 7) is 3.40. The molecule has 3 N–H and O–H groups in total. The number of hydrogen-bond acceptors (Lipinski definition) is 4. The van der Waals surface area contributed by atoms with Gasteiger partial charge in [-0.25, -0.2) is 4.98 Å². The quantitative estimate of drug-likeness (QED) is 0.770. The Hall–Kier alpha value is -2.18. The smallest absolute Gasteiger partial charge is 0.254 e. The van der Waals surface area contributed by atoms with Crippen molar-refractivity contribution in [3.63, 3.8) is 0 Å². The van der Waals surface area contributed by atoms with Crippen molar-refractivity contribution in [2.45, 2.75) is 26.4 Å². The van der Waals surface area contributed by atoms with Gasteiger partial charge in [-0.2, -0.15) is 0 Å². The molecule has 2 aromatic rings. The van der Waals surface area contributed by atoms with E-state index >= 15 is 0 Å². The van der Waals surface area contributed by atoms with Crippen molar-refractivity contribution >= 4 is 17.5 Å². The van der Waals surface area contributed by atoms with Crippen molar-refractivity contribution in [3.8, 4) is 0 Å².